The summed E-state index contributed by atoms with van der Waals surface area (Å²) in [6.45, 7) is -0.162. The summed E-state index contributed by atoms with van der Waals surface area (Å²) in [5, 5.41) is 11.7. The molecule has 0 aliphatic carbocycles. The van der Waals surface area contributed by atoms with Gasteiger partial charge in [-0.05, 0) is 18.2 Å². The molecule has 0 saturated heterocycles. The lowest BCUT2D eigenvalue weighted by molar-refractivity contribution is -0.111. The zero-order valence-electron chi connectivity index (χ0n) is 10.1. The average molecular weight is 252 g/mol. The zero-order chi connectivity index (χ0) is 13.5. The Morgan fingerprint density at radius 3 is 2.79 bits per heavy atom. The first-order valence-electron chi connectivity index (χ1n) is 5.71. The Bertz CT molecular complexity index is 627. The van der Waals surface area contributed by atoms with Crippen molar-refractivity contribution in [3.8, 4) is 11.8 Å². The quantitative estimate of drug-likeness (QED) is 0.797. The fourth-order valence-electron chi connectivity index (χ4n) is 1.48. The number of aliphatic hydroxyl groups is 1. The van der Waals surface area contributed by atoms with Crippen molar-refractivity contribution < 1.29 is 9.90 Å². The van der Waals surface area contributed by atoms with Crippen molar-refractivity contribution in [2.45, 2.75) is 6.61 Å². The maximum Gasteiger partial charge on any atom is 0.300 e. The van der Waals surface area contributed by atoms with Crippen LogP contribution in [0.5, 0.6) is 0 Å². The highest BCUT2D eigenvalue weighted by atomic mass is 16.3. The van der Waals surface area contributed by atoms with Gasteiger partial charge in [-0.3, -0.25) is 9.78 Å². The van der Waals surface area contributed by atoms with Gasteiger partial charge in [-0.15, -0.1) is 0 Å². The lowest BCUT2D eigenvalue weighted by Crippen LogP contribution is -2.10. The number of benzene rings is 1. The van der Waals surface area contributed by atoms with Gasteiger partial charge in [0.2, 0.25) is 0 Å². The van der Waals surface area contributed by atoms with Crippen LogP contribution >= 0.6 is 0 Å². The number of carbonyl (C=O) groups is 1. The van der Waals surface area contributed by atoms with Gasteiger partial charge in [-0.2, -0.15) is 0 Å². The van der Waals surface area contributed by atoms with Gasteiger partial charge in [-0.1, -0.05) is 24.1 Å². The Kier molecular flexibility index (Phi) is 4.27. The van der Waals surface area contributed by atoms with E-state index in [9.17, 15) is 4.79 Å². The first kappa shape index (κ1) is 12.8. The molecule has 0 radical (unpaired) electrons. The van der Waals surface area contributed by atoms with Crippen molar-refractivity contribution >= 4 is 11.6 Å². The Morgan fingerprint density at radius 2 is 2.05 bits per heavy atom. The molecule has 0 aliphatic rings. The van der Waals surface area contributed by atoms with E-state index in [0.717, 1.165) is 5.56 Å². The fraction of sp³-hybridized carbons (Fsp3) is 0.0667. The smallest absolute Gasteiger partial charge is 0.300 e. The molecule has 94 valence electrons. The molecule has 0 unspecified atom stereocenters. The minimum absolute atomic E-state index is 0.162. The fourth-order valence-corrected chi connectivity index (χ4v) is 1.48. The topological polar surface area (TPSA) is 62.2 Å². The maximum atomic E-state index is 11.7. The molecule has 0 bridgehead atoms. The highest BCUT2D eigenvalue weighted by Gasteiger charge is 2.03. The average Bonchev–Trinajstić information content (AvgIpc) is 2.47. The number of hydrogen-bond donors (Lipinski definition) is 2. The molecule has 0 atom stereocenters. The van der Waals surface area contributed by atoms with E-state index in [2.05, 4.69) is 22.1 Å². The van der Waals surface area contributed by atoms with Gasteiger partial charge in [0.15, 0.2) is 0 Å². The largest absolute Gasteiger partial charge is 0.392 e. The third-order valence-electron chi connectivity index (χ3n) is 2.42. The second kappa shape index (κ2) is 6.34. The number of hydrogen-bond acceptors (Lipinski definition) is 3. The number of rotatable bonds is 2. The van der Waals surface area contributed by atoms with E-state index in [1.807, 2.05) is 30.3 Å². The van der Waals surface area contributed by atoms with Crippen LogP contribution in [0.4, 0.5) is 5.69 Å². The van der Waals surface area contributed by atoms with Crippen LogP contribution in [0.2, 0.25) is 0 Å². The van der Waals surface area contributed by atoms with Gasteiger partial charge in [0.25, 0.3) is 0 Å². The second-order valence-corrected chi connectivity index (χ2v) is 3.76. The summed E-state index contributed by atoms with van der Waals surface area (Å²) in [6.07, 6.45) is 3.03. The van der Waals surface area contributed by atoms with Crippen molar-refractivity contribution in [2.24, 2.45) is 0 Å². The number of carbonyl (C=O) groups excluding carboxylic acids is 1. The maximum absolute atomic E-state index is 11.7. The van der Waals surface area contributed by atoms with Gasteiger partial charge in [0.1, 0.15) is 0 Å². The number of aliphatic hydroxyl groups excluding tert-OH is 1. The minimum atomic E-state index is -0.438. The van der Waals surface area contributed by atoms with Crippen LogP contribution in [-0.4, -0.2) is 16.0 Å². The van der Waals surface area contributed by atoms with E-state index < -0.39 is 5.91 Å². The third kappa shape index (κ3) is 3.66. The van der Waals surface area contributed by atoms with Crippen LogP contribution < -0.4 is 5.32 Å². The number of pyridine rings is 1. The van der Waals surface area contributed by atoms with Crippen LogP contribution in [0.25, 0.3) is 0 Å². The first-order valence-corrected chi connectivity index (χ1v) is 5.71. The van der Waals surface area contributed by atoms with Crippen LogP contribution in [0.1, 0.15) is 11.1 Å². The molecule has 2 rings (SSSR count). The molecule has 0 aliphatic heterocycles. The molecule has 2 aromatic rings. The van der Waals surface area contributed by atoms with Crippen LogP contribution in [0.15, 0.2) is 48.8 Å². The molecular formula is C15H12N2O2. The lowest BCUT2D eigenvalue weighted by atomic mass is 10.2. The van der Waals surface area contributed by atoms with Gasteiger partial charge in [0, 0.05) is 23.2 Å². The Hall–Kier alpha value is -2.64. The number of nitrogens with one attached hydrogen (secondary N) is 1. The van der Waals surface area contributed by atoms with Crippen molar-refractivity contribution in [2.75, 3.05) is 5.32 Å². The molecule has 0 fully saturated rings. The second-order valence-electron chi connectivity index (χ2n) is 3.76. The summed E-state index contributed by atoms with van der Waals surface area (Å²) in [6, 6.07) is 10.9. The Labute approximate surface area is 111 Å². The Balaban J connectivity index is 2.08. The van der Waals surface area contributed by atoms with Crippen molar-refractivity contribution in [1.82, 2.24) is 4.98 Å². The number of amides is 1. The van der Waals surface area contributed by atoms with Gasteiger partial charge in [-0.25, -0.2) is 0 Å². The summed E-state index contributed by atoms with van der Waals surface area (Å²) in [5.74, 6) is 4.81. The monoisotopic (exact) mass is 252 g/mol. The molecule has 1 amide bonds. The number of anilines is 1. The normalized spacial score (nSPS) is 9.32. The number of aromatic nitrogens is 1. The molecule has 0 spiro atoms. The molecule has 19 heavy (non-hydrogen) atoms. The highest BCUT2D eigenvalue weighted by Crippen LogP contribution is 2.12. The predicted molar refractivity (Wildman–Crippen MR) is 72.1 cm³/mol. The van der Waals surface area contributed by atoms with Gasteiger partial charge < -0.3 is 10.4 Å². The minimum Gasteiger partial charge on any atom is -0.392 e. The third-order valence-corrected chi connectivity index (χ3v) is 2.42. The van der Waals surface area contributed by atoms with Gasteiger partial charge in [0.05, 0.1) is 18.5 Å². The molecule has 1 aromatic carbocycles. The van der Waals surface area contributed by atoms with Crippen LogP contribution in [-0.2, 0) is 11.4 Å². The van der Waals surface area contributed by atoms with Crippen molar-refractivity contribution in [3.05, 3.63) is 59.9 Å². The van der Waals surface area contributed by atoms with E-state index in [0.29, 0.717) is 11.3 Å². The number of nitrogens with zero attached hydrogens (tertiary/aromatic N) is 1. The molecule has 2 N–H and O–H groups in total. The van der Waals surface area contributed by atoms with E-state index in [1.165, 1.54) is 6.20 Å². The van der Waals surface area contributed by atoms with Crippen LogP contribution in [0, 0.1) is 11.8 Å². The summed E-state index contributed by atoms with van der Waals surface area (Å²) >= 11 is 0. The molecule has 1 heterocycles. The van der Waals surface area contributed by atoms with E-state index >= 15 is 0 Å². The van der Waals surface area contributed by atoms with E-state index in [4.69, 9.17) is 5.11 Å². The van der Waals surface area contributed by atoms with Crippen LogP contribution in [0.3, 0.4) is 0 Å². The first-order chi connectivity index (χ1) is 9.29. The van der Waals surface area contributed by atoms with Crippen molar-refractivity contribution in [3.63, 3.8) is 0 Å². The lowest BCUT2D eigenvalue weighted by Gasteiger charge is -2.05. The van der Waals surface area contributed by atoms with Crippen molar-refractivity contribution in [1.29, 1.82) is 0 Å². The summed E-state index contributed by atoms with van der Waals surface area (Å²) < 4.78 is 0. The summed E-state index contributed by atoms with van der Waals surface area (Å²) in [7, 11) is 0. The SMILES string of the molecule is O=C(C#Cc1ccccc1)Nc1cnccc1CO. The molecule has 4 heteroatoms. The summed E-state index contributed by atoms with van der Waals surface area (Å²) in [5.41, 5.74) is 1.84. The highest BCUT2D eigenvalue weighted by molar-refractivity contribution is 6.04. The van der Waals surface area contributed by atoms with E-state index in [1.54, 1.807) is 12.3 Å². The molecule has 4 nitrogen and oxygen atoms in total. The Morgan fingerprint density at radius 1 is 1.26 bits per heavy atom. The molecule has 0 saturated carbocycles. The standard InChI is InChI=1S/C15H12N2O2/c18-11-13-8-9-16-10-14(13)17-15(19)7-6-12-4-2-1-3-5-12/h1-5,8-10,18H,11H2,(H,17,19). The predicted octanol–water partition coefficient (Wildman–Crippen LogP) is 1.56. The summed E-state index contributed by atoms with van der Waals surface area (Å²) in [4.78, 5) is 15.6. The molecular weight excluding hydrogens is 240 g/mol. The molecule has 1 aromatic heterocycles. The zero-order valence-corrected chi connectivity index (χ0v) is 10.1. The van der Waals surface area contributed by atoms with Gasteiger partial charge >= 0.3 is 5.91 Å². The van der Waals surface area contributed by atoms with E-state index in [-0.39, 0.29) is 6.61 Å².